The summed E-state index contributed by atoms with van der Waals surface area (Å²) >= 11 is 0. The molecule has 0 saturated carbocycles. The van der Waals surface area contributed by atoms with E-state index in [1.807, 2.05) is 0 Å². The zero-order chi connectivity index (χ0) is 34.8. The maximum atomic E-state index is 11.4. The highest BCUT2D eigenvalue weighted by Crippen LogP contribution is 2.37. The monoisotopic (exact) mass is 665 g/mol. The van der Waals surface area contributed by atoms with Crippen molar-refractivity contribution in [3.8, 4) is 0 Å². The van der Waals surface area contributed by atoms with Crippen LogP contribution in [0, 0.1) is 0 Å². The molecule has 3 rings (SSSR count). The third kappa shape index (κ3) is 16.2. The van der Waals surface area contributed by atoms with Crippen LogP contribution in [0.25, 0.3) is 16.9 Å². The lowest BCUT2D eigenvalue weighted by Gasteiger charge is -2.13. The third-order valence-electron chi connectivity index (χ3n) is 10.4. The largest absolute Gasteiger partial charge is 0.493 e. The molecule has 0 radical (unpaired) electrons. The van der Waals surface area contributed by atoms with Crippen molar-refractivity contribution in [2.75, 3.05) is 0 Å². The van der Waals surface area contributed by atoms with E-state index in [-0.39, 0.29) is 0 Å². The summed E-state index contributed by atoms with van der Waals surface area (Å²) in [5.74, 6) is 0. The lowest BCUT2D eigenvalue weighted by molar-refractivity contribution is -0.344. The number of allylic oxidation sites excluding steroid dienone is 4. The Labute approximate surface area is 303 Å². The molecule has 0 amide bonds. The molecule has 0 bridgehead atoms. The van der Waals surface area contributed by atoms with E-state index < -0.39 is 0 Å². The van der Waals surface area contributed by atoms with Crippen molar-refractivity contribution < 1.29 is 4.70 Å². The molecule has 1 aliphatic heterocycles. The predicted molar refractivity (Wildman–Crippen MR) is 216 cm³/mol. The van der Waals surface area contributed by atoms with E-state index in [4.69, 9.17) is 0 Å². The summed E-state index contributed by atoms with van der Waals surface area (Å²) in [7, 11) is 0. The van der Waals surface area contributed by atoms with E-state index in [9.17, 15) is 5.53 Å². The molecule has 0 unspecified atom stereocenters. The number of benzene rings is 2. The van der Waals surface area contributed by atoms with E-state index in [2.05, 4.69) is 87.5 Å². The van der Waals surface area contributed by atoms with Crippen LogP contribution in [0.3, 0.4) is 0 Å². The second kappa shape index (κ2) is 26.1. The van der Waals surface area contributed by atoms with E-state index >= 15 is 0 Å². The molecular weight excluding hydrogens is 593 g/mol. The van der Waals surface area contributed by atoms with Crippen LogP contribution >= 0.6 is 0 Å². The molecule has 2 nitrogen and oxygen atoms in total. The van der Waals surface area contributed by atoms with E-state index in [0.29, 0.717) is 0 Å². The number of aryl methyl sites for hydroxylation is 2. The second-order valence-corrected chi connectivity index (χ2v) is 14.9. The van der Waals surface area contributed by atoms with Crippen LogP contribution in [0.1, 0.15) is 197 Å². The Morgan fingerprint density at radius 1 is 0.551 bits per heavy atom. The molecule has 49 heavy (non-hydrogen) atoms. The van der Waals surface area contributed by atoms with Gasteiger partial charge in [-0.2, -0.15) is 0 Å². The summed E-state index contributed by atoms with van der Waals surface area (Å²) in [5.41, 5.74) is 19.2. The van der Waals surface area contributed by atoms with Crippen LogP contribution in [0.4, 0.5) is 0 Å². The van der Waals surface area contributed by atoms with Gasteiger partial charge in [0.2, 0.25) is 11.4 Å². The minimum absolute atomic E-state index is 0.874. The molecule has 0 aromatic heterocycles. The fourth-order valence-electron chi connectivity index (χ4n) is 7.38. The van der Waals surface area contributed by atoms with Gasteiger partial charge in [-0.25, -0.2) is 4.70 Å². The fourth-order valence-corrected chi connectivity index (χ4v) is 7.38. The Bertz CT molecular complexity index is 1280. The Morgan fingerprint density at radius 2 is 1.08 bits per heavy atom. The molecule has 1 aliphatic rings. The van der Waals surface area contributed by atoms with Gasteiger partial charge in [0.1, 0.15) is 0 Å². The molecular formula is C47H72N2. The standard InChI is InChI=1S/C47H72N2/c1-4-6-8-9-10-11-12-13-14-15-16-17-18-19-20-21-22-23-24-25-26-27-28-29-35-43-36-30-31-38-45(43)47-41(3)39-46(49(47)48)44-37-32-34-42(40-44)33-7-5-2/h26-27,30-32,34,36-40H,4-25,28-29,33,35H2,1-3H3. The Hall–Kier alpha value is -2.74. The van der Waals surface area contributed by atoms with Crippen molar-refractivity contribution in [3.05, 3.63) is 100 Å². The van der Waals surface area contributed by atoms with Gasteiger partial charge in [-0.1, -0.05) is 178 Å². The zero-order valence-corrected chi connectivity index (χ0v) is 32.1. The van der Waals surface area contributed by atoms with Crippen LogP contribution in [0.5, 0.6) is 0 Å². The minimum atomic E-state index is 0.874. The van der Waals surface area contributed by atoms with Gasteiger partial charge in [-0.15, -0.1) is 0 Å². The van der Waals surface area contributed by atoms with Gasteiger partial charge in [-0.3, -0.25) is 0 Å². The van der Waals surface area contributed by atoms with Gasteiger partial charge in [0.15, 0.2) is 0 Å². The van der Waals surface area contributed by atoms with Crippen LogP contribution in [0.15, 0.2) is 72.3 Å². The van der Waals surface area contributed by atoms with Crippen molar-refractivity contribution in [1.29, 1.82) is 0 Å². The van der Waals surface area contributed by atoms with Gasteiger partial charge in [0, 0.05) is 22.8 Å². The smallest absolute Gasteiger partial charge is 0.210 e. The number of hydrogen-bond donors (Lipinski definition) is 0. The van der Waals surface area contributed by atoms with Crippen molar-refractivity contribution in [2.24, 2.45) is 0 Å². The molecule has 2 aromatic carbocycles. The van der Waals surface area contributed by atoms with Crippen molar-refractivity contribution in [3.63, 3.8) is 0 Å². The molecule has 0 spiro atoms. The lowest BCUT2D eigenvalue weighted by Crippen LogP contribution is -2.05. The molecule has 0 N–H and O–H groups in total. The molecule has 0 atom stereocenters. The first-order chi connectivity index (χ1) is 24.2. The summed E-state index contributed by atoms with van der Waals surface area (Å²) in [4.78, 5) is 0. The van der Waals surface area contributed by atoms with Crippen molar-refractivity contribution in [2.45, 2.75) is 188 Å². The number of nitrogens with zero attached hydrogens (tertiary/aromatic N) is 2. The average Bonchev–Trinajstić information content (AvgIpc) is 3.42. The topological polar surface area (TPSA) is 25.3 Å². The lowest BCUT2D eigenvalue weighted by atomic mass is 9.98. The predicted octanol–water partition coefficient (Wildman–Crippen LogP) is 15.5. The van der Waals surface area contributed by atoms with Gasteiger partial charge in [0.05, 0.1) is 0 Å². The summed E-state index contributed by atoms with van der Waals surface area (Å²) in [5, 5.41) is 0. The normalized spacial score (nSPS) is 13.3. The van der Waals surface area contributed by atoms with E-state index in [1.54, 1.807) is 0 Å². The first-order valence-electron chi connectivity index (χ1n) is 20.9. The fraction of sp³-hybridized carbons (Fsp3) is 0.617. The van der Waals surface area contributed by atoms with E-state index in [1.165, 1.54) is 157 Å². The number of unbranched alkanes of at least 4 members (excludes halogenated alkanes) is 21. The maximum absolute atomic E-state index is 11.4. The van der Waals surface area contributed by atoms with Crippen molar-refractivity contribution >= 4 is 11.4 Å². The molecule has 2 heteroatoms. The molecule has 2 aromatic rings. The van der Waals surface area contributed by atoms with Gasteiger partial charge in [0.25, 0.3) is 0 Å². The van der Waals surface area contributed by atoms with E-state index in [0.717, 1.165) is 53.8 Å². The average molecular weight is 665 g/mol. The highest BCUT2D eigenvalue weighted by atomic mass is 15.2. The van der Waals surface area contributed by atoms with Gasteiger partial charge < -0.3 is 5.53 Å². The van der Waals surface area contributed by atoms with Crippen LogP contribution in [-0.4, -0.2) is 4.70 Å². The third-order valence-corrected chi connectivity index (χ3v) is 10.4. The summed E-state index contributed by atoms with van der Waals surface area (Å²) in [6, 6.07) is 17.3. The number of hydrogen-bond acceptors (Lipinski definition) is 0. The first-order valence-corrected chi connectivity index (χ1v) is 20.9. The molecule has 0 aliphatic carbocycles. The summed E-state index contributed by atoms with van der Waals surface area (Å²) in [6.45, 7) is 6.65. The molecule has 0 saturated heterocycles. The Balaban J connectivity index is 1.21. The van der Waals surface area contributed by atoms with Crippen molar-refractivity contribution in [1.82, 2.24) is 0 Å². The Morgan fingerprint density at radius 3 is 1.67 bits per heavy atom. The maximum Gasteiger partial charge on any atom is 0.210 e. The van der Waals surface area contributed by atoms with Crippen LogP contribution in [0.2, 0.25) is 0 Å². The highest BCUT2D eigenvalue weighted by Gasteiger charge is 2.28. The molecule has 0 fully saturated rings. The Kier molecular flexibility index (Phi) is 21.7. The van der Waals surface area contributed by atoms with Crippen LogP contribution < -0.4 is 0 Å². The van der Waals surface area contributed by atoms with Crippen LogP contribution in [-0.2, 0) is 12.8 Å². The minimum Gasteiger partial charge on any atom is -0.493 e. The SMILES string of the molecule is CCCCCCCCCCCCCCCCCCCCCC=CCCCc1ccccc1C1=C(C)C=C(c2cccc(CCCC)c2)[N+]1=[N-]. The highest BCUT2D eigenvalue weighted by molar-refractivity contribution is 5.79. The summed E-state index contributed by atoms with van der Waals surface area (Å²) < 4.78 is 1.42. The first kappa shape index (κ1) is 40.7. The quantitative estimate of drug-likeness (QED) is 0.0470. The second-order valence-electron chi connectivity index (χ2n) is 14.9. The number of rotatable bonds is 29. The van der Waals surface area contributed by atoms with Gasteiger partial charge >= 0.3 is 0 Å². The van der Waals surface area contributed by atoms with Gasteiger partial charge in [-0.05, 0) is 81.2 Å². The zero-order valence-electron chi connectivity index (χ0n) is 32.1. The molecule has 270 valence electrons. The molecule has 1 heterocycles. The summed E-state index contributed by atoms with van der Waals surface area (Å²) in [6.07, 6.45) is 42.1.